The van der Waals surface area contributed by atoms with Crippen molar-refractivity contribution in [2.45, 2.75) is 11.8 Å². The number of benzene rings is 3. The number of Topliss-reactive ketones (excluding diaryl/α,β-unsaturated/α-hetero) is 1. The van der Waals surface area contributed by atoms with E-state index in [1.807, 2.05) is 66.7 Å². The maximum atomic E-state index is 13.1. The van der Waals surface area contributed by atoms with Gasteiger partial charge in [0.15, 0.2) is 5.78 Å². The van der Waals surface area contributed by atoms with Crippen LogP contribution in [-0.2, 0) is 0 Å². The molecule has 25 heavy (non-hydrogen) atoms. The van der Waals surface area contributed by atoms with Crippen LogP contribution in [0.3, 0.4) is 0 Å². The Hall–Kier alpha value is -1.90. The van der Waals surface area contributed by atoms with Crippen LogP contribution in [0.2, 0.25) is 5.02 Å². The summed E-state index contributed by atoms with van der Waals surface area (Å²) in [6.45, 7) is 0. The highest BCUT2D eigenvalue weighted by molar-refractivity contribution is 9.10. The van der Waals surface area contributed by atoms with E-state index in [0.717, 1.165) is 15.1 Å². The van der Waals surface area contributed by atoms with Crippen molar-refractivity contribution in [3.05, 3.63) is 105 Å². The molecular formula is C22H16BrClO. The van der Waals surface area contributed by atoms with Crippen LogP contribution in [-0.4, -0.2) is 5.78 Å². The summed E-state index contributed by atoms with van der Waals surface area (Å²) in [4.78, 5) is 13.1. The van der Waals surface area contributed by atoms with Crippen LogP contribution in [0.4, 0.5) is 0 Å². The van der Waals surface area contributed by atoms with Gasteiger partial charge in [-0.15, -0.1) is 0 Å². The molecule has 3 aromatic carbocycles. The fraction of sp³-hybridized carbons (Fsp3) is 0.136. The fourth-order valence-corrected chi connectivity index (χ4v) is 4.02. The third-order valence-electron chi connectivity index (χ3n) is 4.89. The lowest BCUT2D eigenvalue weighted by atomic mass is 10.0. The zero-order valence-electron chi connectivity index (χ0n) is 13.4. The Morgan fingerprint density at radius 1 is 0.760 bits per heavy atom. The van der Waals surface area contributed by atoms with Gasteiger partial charge >= 0.3 is 0 Å². The first-order valence-corrected chi connectivity index (χ1v) is 9.42. The van der Waals surface area contributed by atoms with Gasteiger partial charge in [-0.3, -0.25) is 4.79 Å². The number of halogens is 2. The molecule has 1 fully saturated rings. The van der Waals surface area contributed by atoms with E-state index in [1.54, 1.807) is 0 Å². The van der Waals surface area contributed by atoms with Crippen LogP contribution in [0.15, 0.2) is 83.3 Å². The minimum atomic E-state index is -0.0234. The molecule has 0 amide bonds. The molecule has 1 aliphatic rings. The maximum absolute atomic E-state index is 13.1. The van der Waals surface area contributed by atoms with E-state index in [1.165, 1.54) is 11.1 Å². The molecule has 124 valence electrons. The van der Waals surface area contributed by atoms with Crippen molar-refractivity contribution in [3.8, 4) is 0 Å². The quantitative estimate of drug-likeness (QED) is 0.449. The molecule has 1 nitrogen and oxygen atoms in total. The highest BCUT2D eigenvalue weighted by Gasteiger charge is 2.55. The van der Waals surface area contributed by atoms with Gasteiger partial charge in [0.2, 0.25) is 0 Å². The van der Waals surface area contributed by atoms with Crippen LogP contribution in [0.5, 0.6) is 0 Å². The van der Waals surface area contributed by atoms with Crippen molar-refractivity contribution in [2.75, 3.05) is 0 Å². The van der Waals surface area contributed by atoms with E-state index in [-0.39, 0.29) is 23.5 Å². The molecule has 1 saturated carbocycles. The molecule has 3 heteroatoms. The number of hydrogen-bond acceptors (Lipinski definition) is 1. The monoisotopic (exact) mass is 410 g/mol. The van der Waals surface area contributed by atoms with Gasteiger partial charge in [-0.05, 0) is 35.4 Å². The zero-order valence-corrected chi connectivity index (χ0v) is 15.7. The summed E-state index contributed by atoms with van der Waals surface area (Å²) in [7, 11) is 0. The van der Waals surface area contributed by atoms with Gasteiger partial charge in [-0.2, -0.15) is 0 Å². The summed E-state index contributed by atoms with van der Waals surface area (Å²) in [5, 5.41) is 0.718. The minimum absolute atomic E-state index is 0.0234. The lowest BCUT2D eigenvalue weighted by Crippen LogP contribution is -2.03. The van der Waals surface area contributed by atoms with E-state index in [0.29, 0.717) is 0 Å². The van der Waals surface area contributed by atoms with E-state index >= 15 is 0 Å². The Kier molecular flexibility index (Phi) is 4.49. The standard InChI is InChI=1S/C22H16BrClO/c23-17-10-6-14(7-11-17)19-20(15-8-12-18(24)13-9-15)21(19)22(25)16-4-2-1-3-5-16/h1-13,19-21H/t19-,20-,21+/m0/s1. The van der Waals surface area contributed by atoms with Gasteiger partial charge < -0.3 is 0 Å². The van der Waals surface area contributed by atoms with Crippen molar-refractivity contribution in [1.82, 2.24) is 0 Å². The van der Waals surface area contributed by atoms with Gasteiger partial charge in [-0.25, -0.2) is 0 Å². The SMILES string of the molecule is O=C(c1ccccc1)[C@H]1[C@@H](c2ccc(Cl)cc2)[C@@H]1c1ccc(Br)cc1. The number of hydrogen-bond donors (Lipinski definition) is 0. The van der Waals surface area contributed by atoms with Crippen molar-refractivity contribution < 1.29 is 4.79 Å². The summed E-state index contributed by atoms with van der Waals surface area (Å²) in [5.74, 6) is 0.603. The third kappa shape index (κ3) is 3.29. The van der Waals surface area contributed by atoms with Crippen LogP contribution >= 0.6 is 27.5 Å². The van der Waals surface area contributed by atoms with Gasteiger partial charge in [0.25, 0.3) is 0 Å². The molecule has 0 aliphatic heterocycles. The summed E-state index contributed by atoms with van der Waals surface area (Å²) < 4.78 is 1.05. The van der Waals surface area contributed by atoms with Gasteiger partial charge in [0.1, 0.15) is 0 Å². The molecule has 0 bridgehead atoms. The maximum Gasteiger partial charge on any atom is 0.167 e. The number of carbonyl (C=O) groups is 1. The molecule has 0 unspecified atom stereocenters. The minimum Gasteiger partial charge on any atom is -0.294 e. The first-order valence-electron chi connectivity index (χ1n) is 8.25. The molecule has 0 heterocycles. The lowest BCUT2D eigenvalue weighted by molar-refractivity contribution is 0.0963. The average molecular weight is 412 g/mol. The topological polar surface area (TPSA) is 17.1 Å². The average Bonchev–Trinajstić information content (AvgIpc) is 3.38. The Morgan fingerprint density at radius 3 is 1.84 bits per heavy atom. The first-order chi connectivity index (χ1) is 12.1. The molecule has 4 rings (SSSR count). The normalized spacial score (nSPS) is 21.8. The predicted octanol–water partition coefficient (Wildman–Crippen LogP) is 6.48. The zero-order chi connectivity index (χ0) is 17.4. The smallest absolute Gasteiger partial charge is 0.167 e. The molecule has 0 spiro atoms. The molecular weight excluding hydrogens is 396 g/mol. The van der Waals surface area contributed by atoms with Crippen LogP contribution < -0.4 is 0 Å². The van der Waals surface area contributed by atoms with E-state index in [2.05, 4.69) is 28.1 Å². The van der Waals surface area contributed by atoms with Crippen LogP contribution in [0, 0.1) is 5.92 Å². The Morgan fingerprint density at radius 2 is 1.28 bits per heavy atom. The van der Waals surface area contributed by atoms with E-state index < -0.39 is 0 Å². The highest BCUT2D eigenvalue weighted by Crippen LogP contribution is 2.61. The van der Waals surface area contributed by atoms with Crippen molar-refractivity contribution in [3.63, 3.8) is 0 Å². The molecule has 0 aromatic heterocycles. The molecule has 0 saturated heterocycles. The largest absolute Gasteiger partial charge is 0.294 e. The fourth-order valence-electron chi connectivity index (χ4n) is 3.63. The Labute approximate surface area is 160 Å². The van der Waals surface area contributed by atoms with Gasteiger partial charge in [-0.1, -0.05) is 82.1 Å². The van der Waals surface area contributed by atoms with Crippen molar-refractivity contribution >= 4 is 33.3 Å². The summed E-state index contributed by atoms with van der Waals surface area (Å²) in [6.07, 6.45) is 0. The van der Waals surface area contributed by atoms with Crippen LogP contribution in [0.25, 0.3) is 0 Å². The number of carbonyl (C=O) groups excluding carboxylic acids is 1. The number of rotatable bonds is 4. The third-order valence-corrected chi connectivity index (χ3v) is 5.67. The van der Waals surface area contributed by atoms with Gasteiger partial charge in [0.05, 0.1) is 0 Å². The first kappa shape index (κ1) is 16.6. The van der Waals surface area contributed by atoms with Gasteiger partial charge in [0, 0.05) is 32.8 Å². The van der Waals surface area contributed by atoms with Crippen molar-refractivity contribution in [2.24, 2.45) is 5.92 Å². The second kappa shape index (κ2) is 6.78. The van der Waals surface area contributed by atoms with E-state index in [9.17, 15) is 4.79 Å². The predicted molar refractivity (Wildman–Crippen MR) is 105 cm³/mol. The Balaban J connectivity index is 1.70. The molecule has 1 aliphatic carbocycles. The molecule has 3 aromatic rings. The lowest BCUT2D eigenvalue weighted by Gasteiger charge is -2.01. The molecule has 0 radical (unpaired) electrons. The molecule has 0 N–H and O–H groups in total. The summed E-state index contributed by atoms with van der Waals surface area (Å²) >= 11 is 9.51. The second-order valence-corrected chi connectivity index (χ2v) is 7.76. The van der Waals surface area contributed by atoms with Crippen LogP contribution in [0.1, 0.15) is 33.3 Å². The highest BCUT2D eigenvalue weighted by atomic mass is 79.9. The summed E-state index contributed by atoms with van der Waals surface area (Å²) in [5.41, 5.74) is 3.16. The summed E-state index contributed by atoms with van der Waals surface area (Å²) in [6, 6.07) is 25.7. The van der Waals surface area contributed by atoms with E-state index in [4.69, 9.17) is 11.6 Å². The molecule has 3 atom stereocenters. The second-order valence-electron chi connectivity index (χ2n) is 6.41. The Bertz CT molecular complexity index is 836. The number of ketones is 1. The van der Waals surface area contributed by atoms with Crippen molar-refractivity contribution in [1.29, 1.82) is 0 Å².